The molecule has 224 valence electrons. The summed E-state index contributed by atoms with van der Waals surface area (Å²) in [5.74, 6) is 0.335. The molecular formula is C28H36N8O4S2. The Balaban J connectivity index is 1.34. The predicted molar refractivity (Wildman–Crippen MR) is 163 cm³/mol. The Bertz CT molecular complexity index is 1700. The molecule has 3 aromatic heterocycles. The van der Waals surface area contributed by atoms with Gasteiger partial charge in [0, 0.05) is 50.6 Å². The summed E-state index contributed by atoms with van der Waals surface area (Å²) >= 11 is 1.31. The fraction of sp³-hybridized carbons (Fsp3) is 0.500. The van der Waals surface area contributed by atoms with E-state index >= 15 is 0 Å². The van der Waals surface area contributed by atoms with E-state index in [0.29, 0.717) is 49.8 Å². The number of hydrogen-bond donors (Lipinski definition) is 1. The topological polar surface area (TPSA) is 127 Å². The lowest BCUT2D eigenvalue weighted by Crippen LogP contribution is -2.46. The SMILES string of the molecule is CC1C=C(Nc2nc(C3=CCCN(C(=O)OC(C)(C)C)C3)cn3c(-c4cnn(C)c4)cnc23)SC1S(=O)(=O)N1CCC1. The summed E-state index contributed by atoms with van der Waals surface area (Å²) in [6.07, 6.45) is 12.7. The van der Waals surface area contributed by atoms with Crippen molar-refractivity contribution in [3.05, 3.63) is 47.7 Å². The van der Waals surface area contributed by atoms with E-state index in [9.17, 15) is 13.2 Å². The number of anilines is 1. The summed E-state index contributed by atoms with van der Waals surface area (Å²) in [4.78, 5) is 24.2. The van der Waals surface area contributed by atoms with Gasteiger partial charge in [-0.1, -0.05) is 24.8 Å². The highest BCUT2D eigenvalue weighted by Crippen LogP contribution is 2.42. The molecule has 2 atom stereocenters. The number of aryl methyl sites for hydroxylation is 1. The molecule has 42 heavy (non-hydrogen) atoms. The quantitative estimate of drug-likeness (QED) is 0.437. The average molecular weight is 613 g/mol. The Morgan fingerprint density at radius 3 is 2.62 bits per heavy atom. The molecule has 0 aromatic carbocycles. The Morgan fingerprint density at radius 1 is 1.17 bits per heavy atom. The van der Waals surface area contributed by atoms with Crippen molar-refractivity contribution in [3.8, 4) is 11.3 Å². The van der Waals surface area contributed by atoms with Crippen LogP contribution in [0.25, 0.3) is 22.5 Å². The Kier molecular flexibility index (Phi) is 7.34. The fourth-order valence-corrected chi connectivity index (χ4v) is 9.04. The first-order valence-corrected chi connectivity index (χ1v) is 16.5. The van der Waals surface area contributed by atoms with Crippen molar-refractivity contribution in [2.24, 2.45) is 13.0 Å². The molecule has 0 saturated carbocycles. The van der Waals surface area contributed by atoms with Gasteiger partial charge in [0.25, 0.3) is 0 Å². The van der Waals surface area contributed by atoms with Crippen molar-refractivity contribution < 1.29 is 17.9 Å². The number of imidazole rings is 1. The molecule has 0 radical (unpaired) electrons. The second kappa shape index (κ2) is 10.7. The maximum atomic E-state index is 13.2. The summed E-state index contributed by atoms with van der Waals surface area (Å²) < 4.78 is 36.7. The molecule has 6 heterocycles. The van der Waals surface area contributed by atoms with Crippen molar-refractivity contribution in [1.29, 1.82) is 0 Å². The zero-order valence-corrected chi connectivity index (χ0v) is 26.1. The highest BCUT2D eigenvalue weighted by Gasteiger charge is 2.42. The highest BCUT2D eigenvalue weighted by atomic mass is 32.3. The van der Waals surface area contributed by atoms with Crippen molar-refractivity contribution in [2.75, 3.05) is 31.5 Å². The first-order chi connectivity index (χ1) is 19.9. The number of amides is 1. The van der Waals surface area contributed by atoms with Crippen LogP contribution >= 0.6 is 11.8 Å². The Hall–Kier alpha value is -3.36. The van der Waals surface area contributed by atoms with Crippen LogP contribution in [0, 0.1) is 5.92 Å². The number of sulfonamides is 1. The normalized spacial score (nSPS) is 21.7. The zero-order valence-electron chi connectivity index (χ0n) is 24.4. The van der Waals surface area contributed by atoms with Gasteiger partial charge in [0.05, 0.1) is 35.4 Å². The number of carbonyl (C=O) groups excluding carboxylic acids is 1. The summed E-state index contributed by atoms with van der Waals surface area (Å²) in [5.41, 5.74) is 3.31. The van der Waals surface area contributed by atoms with Crippen LogP contribution in [0.3, 0.4) is 0 Å². The van der Waals surface area contributed by atoms with E-state index < -0.39 is 20.2 Å². The van der Waals surface area contributed by atoms with E-state index in [4.69, 9.17) is 9.72 Å². The van der Waals surface area contributed by atoms with Crippen LogP contribution in [0.4, 0.5) is 10.6 Å². The van der Waals surface area contributed by atoms with Gasteiger partial charge in [-0.3, -0.25) is 9.08 Å². The minimum absolute atomic E-state index is 0.170. The number of aromatic nitrogens is 5. The van der Waals surface area contributed by atoms with E-state index in [2.05, 4.69) is 21.5 Å². The maximum Gasteiger partial charge on any atom is 0.410 e. The largest absolute Gasteiger partial charge is 0.444 e. The van der Waals surface area contributed by atoms with Gasteiger partial charge in [-0.2, -0.15) is 5.10 Å². The monoisotopic (exact) mass is 612 g/mol. The van der Waals surface area contributed by atoms with Crippen LogP contribution < -0.4 is 5.32 Å². The molecule has 1 N–H and O–H groups in total. The molecule has 6 rings (SSSR count). The number of allylic oxidation sites excluding steroid dienone is 1. The number of fused-ring (bicyclic) bond motifs is 1. The lowest BCUT2D eigenvalue weighted by molar-refractivity contribution is 0.0273. The second-order valence-corrected chi connectivity index (χ2v) is 15.5. The van der Waals surface area contributed by atoms with E-state index in [-0.39, 0.29) is 12.0 Å². The van der Waals surface area contributed by atoms with Gasteiger partial charge in [0.15, 0.2) is 11.5 Å². The van der Waals surface area contributed by atoms with Gasteiger partial charge in [-0.05, 0) is 45.3 Å². The van der Waals surface area contributed by atoms with Crippen LogP contribution in [-0.2, 0) is 21.8 Å². The molecule has 1 fully saturated rings. The third-order valence-electron chi connectivity index (χ3n) is 7.42. The van der Waals surface area contributed by atoms with Crippen LogP contribution in [0.2, 0.25) is 0 Å². The molecule has 1 saturated heterocycles. The number of hydrogen-bond acceptors (Lipinski definition) is 9. The molecular weight excluding hydrogens is 576 g/mol. The van der Waals surface area contributed by atoms with Gasteiger partial charge in [-0.15, -0.1) is 0 Å². The van der Waals surface area contributed by atoms with Crippen LogP contribution in [0.1, 0.15) is 46.2 Å². The zero-order chi connectivity index (χ0) is 29.8. The van der Waals surface area contributed by atoms with Crippen LogP contribution in [0.5, 0.6) is 0 Å². The molecule has 0 bridgehead atoms. The van der Waals surface area contributed by atoms with Crippen molar-refractivity contribution >= 4 is 44.9 Å². The molecule has 0 spiro atoms. The summed E-state index contributed by atoms with van der Waals surface area (Å²) in [5, 5.41) is 8.45. The third-order valence-corrected chi connectivity index (χ3v) is 11.7. The van der Waals surface area contributed by atoms with Crippen molar-refractivity contribution in [3.63, 3.8) is 0 Å². The van der Waals surface area contributed by atoms with E-state index in [1.165, 1.54) is 11.8 Å². The first-order valence-electron chi connectivity index (χ1n) is 14.1. The summed E-state index contributed by atoms with van der Waals surface area (Å²) in [6.45, 7) is 9.58. The number of thioether (sulfide) groups is 1. The van der Waals surface area contributed by atoms with Gasteiger partial charge in [0.1, 0.15) is 10.2 Å². The van der Waals surface area contributed by atoms with Gasteiger partial charge >= 0.3 is 6.09 Å². The third kappa shape index (κ3) is 5.54. The molecule has 0 aliphatic carbocycles. The molecule has 12 nitrogen and oxygen atoms in total. The average Bonchev–Trinajstić information content (AvgIpc) is 3.60. The van der Waals surface area contributed by atoms with Crippen LogP contribution in [-0.4, -0.2) is 84.2 Å². The summed E-state index contributed by atoms with van der Waals surface area (Å²) in [7, 11) is -1.54. The van der Waals surface area contributed by atoms with Gasteiger partial charge in [-0.25, -0.2) is 27.5 Å². The summed E-state index contributed by atoms with van der Waals surface area (Å²) in [6, 6.07) is 0. The second-order valence-electron chi connectivity index (χ2n) is 11.9. The lowest BCUT2D eigenvalue weighted by Gasteiger charge is -2.33. The van der Waals surface area contributed by atoms with Gasteiger partial charge in [0.2, 0.25) is 10.0 Å². The van der Waals surface area contributed by atoms with Crippen LogP contribution in [0.15, 0.2) is 42.0 Å². The highest BCUT2D eigenvalue weighted by molar-refractivity contribution is 8.15. The number of carbonyl (C=O) groups is 1. The predicted octanol–water partition coefficient (Wildman–Crippen LogP) is 4.15. The number of rotatable bonds is 6. The van der Waals surface area contributed by atoms with E-state index in [1.807, 2.05) is 57.6 Å². The molecule has 3 aliphatic rings. The lowest BCUT2D eigenvalue weighted by atomic mass is 10.1. The number of nitrogens with one attached hydrogen (secondary N) is 1. The Morgan fingerprint density at radius 2 is 1.95 bits per heavy atom. The Labute approximate surface area is 249 Å². The fourth-order valence-electron chi connectivity index (χ4n) is 5.20. The molecule has 3 aromatic rings. The molecule has 3 aliphatic heterocycles. The van der Waals surface area contributed by atoms with Crippen molar-refractivity contribution in [2.45, 2.75) is 50.7 Å². The first kappa shape index (κ1) is 28.7. The molecule has 14 heteroatoms. The van der Waals surface area contributed by atoms with Gasteiger partial charge < -0.3 is 15.0 Å². The minimum Gasteiger partial charge on any atom is -0.444 e. The molecule has 1 amide bonds. The number of ether oxygens (including phenoxy) is 1. The maximum absolute atomic E-state index is 13.2. The van der Waals surface area contributed by atoms with E-state index in [0.717, 1.165) is 28.3 Å². The van der Waals surface area contributed by atoms with Crippen molar-refractivity contribution in [1.82, 2.24) is 33.4 Å². The van der Waals surface area contributed by atoms with E-state index in [1.54, 1.807) is 26.3 Å². The smallest absolute Gasteiger partial charge is 0.410 e. The minimum atomic E-state index is -3.41. The standard InChI is InChI=1S/C28H36N8O4S2/c1-18-12-23(41-26(18)42(38,39)35-10-7-11-35)32-24-25-29-14-22(20-13-30-33(5)15-20)36(25)17-21(31-24)19-8-6-9-34(16-19)27(37)40-28(2,3)4/h8,12-15,17-18,26H,6-7,9-11,16H2,1-5H3,(H,31,32). The number of nitrogens with zero attached hydrogens (tertiary/aromatic N) is 7. The molecule has 2 unspecified atom stereocenters.